The molecule has 16 heavy (non-hydrogen) atoms. The number of carbonyl (C=O) groups excluding carboxylic acids is 2. The third-order valence-corrected chi connectivity index (χ3v) is 1.81. The van der Waals surface area contributed by atoms with Gasteiger partial charge in [0.2, 0.25) is 0 Å². The van der Waals surface area contributed by atoms with Crippen LogP contribution in [0.25, 0.3) is 0 Å². The van der Waals surface area contributed by atoms with Crippen molar-refractivity contribution < 1.29 is 9.59 Å². The van der Waals surface area contributed by atoms with Crippen LogP contribution in [0.1, 0.15) is 5.56 Å². The summed E-state index contributed by atoms with van der Waals surface area (Å²) in [4.78, 5) is 22.4. The monoisotopic (exact) mass is 217 g/mol. The molecule has 0 aromatic heterocycles. The zero-order valence-electron chi connectivity index (χ0n) is 8.78. The minimum absolute atomic E-state index is 0.180. The highest BCUT2D eigenvalue weighted by Gasteiger charge is 2.12. The van der Waals surface area contributed by atoms with E-state index in [0.29, 0.717) is 5.69 Å². The van der Waals surface area contributed by atoms with Gasteiger partial charge in [-0.3, -0.25) is 9.59 Å². The van der Waals surface area contributed by atoms with Gasteiger partial charge < -0.3 is 10.6 Å². The summed E-state index contributed by atoms with van der Waals surface area (Å²) in [5.74, 6) is -1.59. The number of amides is 2. The number of rotatable bonds is 2. The Kier molecular flexibility index (Phi) is 4.04. The molecule has 0 atom stereocenters. The molecule has 0 fully saturated rings. The Bertz CT molecular complexity index is 449. The van der Waals surface area contributed by atoms with Crippen molar-refractivity contribution in [1.82, 2.24) is 5.32 Å². The van der Waals surface area contributed by atoms with Crippen LogP contribution in [0.2, 0.25) is 0 Å². The number of nitrogens with one attached hydrogen (secondary N) is 2. The summed E-state index contributed by atoms with van der Waals surface area (Å²) in [6.07, 6.45) is 0. The van der Waals surface area contributed by atoms with Gasteiger partial charge in [0, 0.05) is 5.69 Å². The van der Waals surface area contributed by atoms with Crippen molar-refractivity contribution in [2.24, 2.45) is 0 Å². The zero-order valence-corrected chi connectivity index (χ0v) is 8.78. The first-order valence-electron chi connectivity index (χ1n) is 4.66. The topological polar surface area (TPSA) is 82.0 Å². The Labute approximate surface area is 93.1 Å². The van der Waals surface area contributed by atoms with Crippen LogP contribution < -0.4 is 10.6 Å². The van der Waals surface area contributed by atoms with Crippen LogP contribution in [-0.4, -0.2) is 18.4 Å². The lowest BCUT2D eigenvalue weighted by Gasteiger charge is -2.04. The molecular weight excluding hydrogens is 206 g/mol. The smallest absolute Gasteiger partial charge is 0.313 e. The highest BCUT2D eigenvalue weighted by molar-refractivity contribution is 6.39. The summed E-state index contributed by atoms with van der Waals surface area (Å²) in [5.41, 5.74) is 1.53. The molecule has 1 aromatic carbocycles. The first kappa shape index (κ1) is 11.7. The van der Waals surface area contributed by atoms with E-state index in [2.05, 4.69) is 10.6 Å². The molecule has 0 bridgehead atoms. The molecule has 5 heteroatoms. The molecule has 0 heterocycles. The van der Waals surface area contributed by atoms with E-state index in [1.54, 1.807) is 24.3 Å². The summed E-state index contributed by atoms with van der Waals surface area (Å²) >= 11 is 0. The molecule has 5 nitrogen and oxygen atoms in total. The quantitative estimate of drug-likeness (QED) is 0.561. The number of aryl methyl sites for hydroxylation is 1. The second kappa shape index (κ2) is 5.51. The van der Waals surface area contributed by atoms with Crippen LogP contribution in [0.15, 0.2) is 24.3 Å². The molecule has 0 saturated heterocycles. The maximum atomic E-state index is 11.3. The summed E-state index contributed by atoms with van der Waals surface area (Å²) in [7, 11) is 0. The Hall–Kier alpha value is -2.35. The molecule has 1 aromatic rings. The summed E-state index contributed by atoms with van der Waals surface area (Å²) in [6, 6.07) is 8.80. The average molecular weight is 217 g/mol. The number of carbonyl (C=O) groups is 2. The van der Waals surface area contributed by atoms with Gasteiger partial charge >= 0.3 is 11.8 Å². The second-order valence-electron chi connectivity index (χ2n) is 3.16. The minimum Gasteiger partial charge on any atom is -0.335 e. The fraction of sp³-hybridized carbons (Fsp3) is 0.182. The van der Waals surface area contributed by atoms with Crippen molar-refractivity contribution >= 4 is 17.5 Å². The standard InChI is InChI=1S/C11H11N3O2/c1-8-3-2-4-9(7-8)14-11(16)10(15)13-6-5-12/h2-4,7H,6H2,1H3,(H,13,15)(H,14,16). The van der Waals surface area contributed by atoms with Gasteiger partial charge in [0.15, 0.2) is 0 Å². The van der Waals surface area contributed by atoms with Gasteiger partial charge in [-0.2, -0.15) is 5.26 Å². The molecule has 2 amide bonds. The fourth-order valence-corrected chi connectivity index (χ4v) is 1.11. The van der Waals surface area contributed by atoms with E-state index < -0.39 is 11.8 Å². The number of anilines is 1. The maximum absolute atomic E-state index is 11.3. The van der Waals surface area contributed by atoms with Gasteiger partial charge in [-0.25, -0.2) is 0 Å². The third kappa shape index (κ3) is 3.42. The van der Waals surface area contributed by atoms with Crippen LogP contribution in [0, 0.1) is 18.3 Å². The Morgan fingerprint density at radius 2 is 2.12 bits per heavy atom. The van der Waals surface area contributed by atoms with Gasteiger partial charge in [-0.05, 0) is 24.6 Å². The molecular formula is C11H11N3O2. The van der Waals surface area contributed by atoms with Crippen LogP contribution in [0.5, 0.6) is 0 Å². The fourth-order valence-electron chi connectivity index (χ4n) is 1.11. The molecule has 0 unspecified atom stereocenters. The van der Waals surface area contributed by atoms with Crippen LogP contribution in [0.3, 0.4) is 0 Å². The maximum Gasteiger partial charge on any atom is 0.313 e. The first-order chi connectivity index (χ1) is 7.63. The summed E-state index contributed by atoms with van der Waals surface area (Å²) in [5, 5.41) is 12.8. The number of benzene rings is 1. The average Bonchev–Trinajstić information content (AvgIpc) is 2.25. The number of nitrogens with zero attached hydrogens (tertiary/aromatic N) is 1. The molecule has 0 aliphatic carbocycles. The van der Waals surface area contributed by atoms with E-state index in [1.165, 1.54) is 0 Å². The van der Waals surface area contributed by atoms with E-state index in [-0.39, 0.29) is 6.54 Å². The Balaban J connectivity index is 2.58. The third-order valence-electron chi connectivity index (χ3n) is 1.81. The van der Waals surface area contributed by atoms with Crippen molar-refractivity contribution in [3.8, 4) is 6.07 Å². The van der Waals surface area contributed by atoms with Crippen molar-refractivity contribution in [2.45, 2.75) is 6.92 Å². The number of hydrogen-bond acceptors (Lipinski definition) is 3. The molecule has 82 valence electrons. The van der Waals surface area contributed by atoms with Gasteiger partial charge in [-0.15, -0.1) is 0 Å². The number of nitriles is 1. The molecule has 0 radical (unpaired) electrons. The van der Waals surface area contributed by atoms with E-state index in [0.717, 1.165) is 5.56 Å². The van der Waals surface area contributed by atoms with Crippen molar-refractivity contribution in [2.75, 3.05) is 11.9 Å². The lowest BCUT2D eigenvalue weighted by atomic mass is 10.2. The lowest BCUT2D eigenvalue weighted by Crippen LogP contribution is -2.35. The molecule has 0 spiro atoms. The largest absolute Gasteiger partial charge is 0.335 e. The van der Waals surface area contributed by atoms with E-state index in [9.17, 15) is 9.59 Å². The first-order valence-corrected chi connectivity index (χ1v) is 4.66. The lowest BCUT2D eigenvalue weighted by molar-refractivity contribution is -0.136. The SMILES string of the molecule is Cc1cccc(NC(=O)C(=O)NCC#N)c1. The predicted molar refractivity (Wildman–Crippen MR) is 58.4 cm³/mol. The second-order valence-corrected chi connectivity index (χ2v) is 3.16. The van der Waals surface area contributed by atoms with E-state index in [4.69, 9.17) is 5.26 Å². The van der Waals surface area contributed by atoms with Crippen molar-refractivity contribution in [3.63, 3.8) is 0 Å². The highest BCUT2D eigenvalue weighted by atomic mass is 16.2. The molecule has 0 aliphatic rings. The number of hydrogen-bond donors (Lipinski definition) is 2. The van der Waals surface area contributed by atoms with Gasteiger partial charge in [0.05, 0.1) is 6.07 Å². The molecule has 0 saturated carbocycles. The van der Waals surface area contributed by atoms with Crippen LogP contribution in [-0.2, 0) is 9.59 Å². The zero-order chi connectivity index (χ0) is 12.0. The Morgan fingerprint density at radius 3 is 2.75 bits per heavy atom. The summed E-state index contributed by atoms with van der Waals surface area (Å²) < 4.78 is 0. The molecule has 1 rings (SSSR count). The van der Waals surface area contributed by atoms with E-state index >= 15 is 0 Å². The summed E-state index contributed by atoms with van der Waals surface area (Å²) in [6.45, 7) is 1.70. The highest BCUT2D eigenvalue weighted by Crippen LogP contribution is 2.08. The van der Waals surface area contributed by atoms with E-state index in [1.807, 2.05) is 13.0 Å². The van der Waals surface area contributed by atoms with Gasteiger partial charge in [0.25, 0.3) is 0 Å². The van der Waals surface area contributed by atoms with Crippen molar-refractivity contribution in [3.05, 3.63) is 29.8 Å². The Morgan fingerprint density at radius 1 is 1.38 bits per heavy atom. The van der Waals surface area contributed by atoms with Crippen molar-refractivity contribution in [1.29, 1.82) is 5.26 Å². The van der Waals surface area contributed by atoms with Gasteiger partial charge in [-0.1, -0.05) is 12.1 Å². The van der Waals surface area contributed by atoms with Gasteiger partial charge in [0.1, 0.15) is 6.54 Å². The minimum atomic E-state index is -0.817. The predicted octanol–water partition coefficient (Wildman–Crippen LogP) is 0.573. The normalized spacial score (nSPS) is 9.00. The van der Waals surface area contributed by atoms with Crippen LogP contribution >= 0.6 is 0 Å². The molecule has 2 N–H and O–H groups in total. The molecule has 0 aliphatic heterocycles. The van der Waals surface area contributed by atoms with Crippen LogP contribution in [0.4, 0.5) is 5.69 Å².